The Morgan fingerprint density at radius 2 is 0.920 bits per heavy atom. The van der Waals surface area contributed by atoms with Crippen molar-refractivity contribution in [1.82, 2.24) is 0 Å². The van der Waals surface area contributed by atoms with Crippen LogP contribution in [0.15, 0.2) is 103 Å². The molecule has 0 bridgehead atoms. The number of hydrogen-bond donors (Lipinski definition) is 2. The van der Waals surface area contributed by atoms with Gasteiger partial charge < -0.3 is 48.5 Å². The van der Waals surface area contributed by atoms with Crippen LogP contribution in [0.25, 0.3) is 0 Å². The van der Waals surface area contributed by atoms with Crippen molar-refractivity contribution >= 4 is 9.90 Å². The van der Waals surface area contributed by atoms with Gasteiger partial charge in [-0.3, -0.25) is 0 Å². The second-order valence-corrected chi connectivity index (χ2v) is 9.88. The first kappa shape index (κ1) is 49.2. The van der Waals surface area contributed by atoms with E-state index in [-0.39, 0.29) is 47.8 Å². The number of ether oxygens (including phenoxy) is 6. The minimum atomic E-state index is 0. The second-order valence-electron chi connectivity index (χ2n) is 9.88. The van der Waals surface area contributed by atoms with Gasteiger partial charge in [0.2, 0.25) is 0 Å². The molecule has 3 aromatic carbocycles. The van der Waals surface area contributed by atoms with Crippen LogP contribution < -0.4 is 0 Å². The van der Waals surface area contributed by atoms with Crippen LogP contribution in [-0.2, 0) is 64.7 Å². The Balaban J connectivity index is -0.000000662. The van der Waals surface area contributed by atoms with Crippen molar-refractivity contribution in [1.29, 1.82) is 0 Å². The minimum Gasteiger partial charge on any atom is -1.51 e. The fraction of sp³-hybridized carbons (Fsp3) is 0.400. The molecule has 0 heterocycles. The number of terminal acetylenes is 1. The molecule has 280 valence electrons. The Hall–Kier alpha value is -2.88. The van der Waals surface area contributed by atoms with Crippen molar-refractivity contribution in [2.75, 3.05) is 53.4 Å². The topological polar surface area (TPSA) is 95.8 Å². The molecule has 3 rings (SSSR count). The van der Waals surface area contributed by atoms with Crippen LogP contribution in [0.1, 0.15) is 50.2 Å². The minimum absolute atomic E-state index is 0. The van der Waals surface area contributed by atoms with Gasteiger partial charge in [-0.1, -0.05) is 103 Å². The monoisotopic (exact) mass is 752 g/mol. The van der Waals surface area contributed by atoms with E-state index in [1.54, 1.807) is 0 Å². The Labute approximate surface area is 314 Å². The smallest absolute Gasteiger partial charge is 0.147 e. The molecule has 0 atom stereocenters. The number of aliphatic hydroxyl groups is 2. The molecule has 0 spiro atoms. The summed E-state index contributed by atoms with van der Waals surface area (Å²) in [6.45, 7) is 4.74. The maximum atomic E-state index is 8.54. The molecular weight excluding hydrogens is 698 g/mol. The molecule has 0 aliphatic rings. The molecule has 0 fully saturated rings. The van der Waals surface area contributed by atoms with Crippen LogP contribution in [0, 0.1) is 24.2 Å². The van der Waals surface area contributed by atoms with E-state index in [0.717, 1.165) is 23.1 Å². The van der Waals surface area contributed by atoms with Crippen molar-refractivity contribution in [2.45, 2.75) is 51.9 Å². The quantitative estimate of drug-likeness (QED) is 0.0272. The van der Waals surface area contributed by atoms with Gasteiger partial charge in [0.25, 0.3) is 0 Å². The SMILES string of the molecule is C#CCCOCOCc1ccccc1.OCC/C=C\CCOCOCc1ccccc1.OCCC#CCCOCOCc1ccccc1.[HH].[Ni].[PH-2]. The van der Waals surface area contributed by atoms with E-state index >= 15 is 0 Å². The molecule has 0 saturated carbocycles. The van der Waals surface area contributed by atoms with E-state index < -0.39 is 0 Å². The molecule has 2 N–H and O–H groups in total. The zero-order valence-electron chi connectivity index (χ0n) is 28.9. The van der Waals surface area contributed by atoms with E-state index in [1.807, 2.05) is 103 Å². The predicted molar refractivity (Wildman–Crippen MR) is 200 cm³/mol. The zero-order valence-corrected chi connectivity index (χ0v) is 30.9. The maximum Gasteiger partial charge on any atom is 0.147 e. The van der Waals surface area contributed by atoms with E-state index in [9.17, 15) is 0 Å². The van der Waals surface area contributed by atoms with Gasteiger partial charge in [-0.2, -0.15) is 0 Å². The normalized spacial score (nSPS) is 9.78. The molecule has 3 aromatic rings. The van der Waals surface area contributed by atoms with Crippen LogP contribution in [-0.4, -0.2) is 63.6 Å². The van der Waals surface area contributed by atoms with Crippen molar-refractivity contribution in [3.63, 3.8) is 0 Å². The number of rotatable bonds is 22. The number of benzene rings is 3. The molecule has 0 unspecified atom stereocenters. The Morgan fingerprint density at radius 3 is 1.34 bits per heavy atom. The van der Waals surface area contributed by atoms with Gasteiger partial charge >= 0.3 is 0 Å². The summed E-state index contributed by atoms with van der Waals surface area (Å²) in [5.41, 5.74) is 3.44. The predicted octanol–water partition coefficient (Wildman–Crippen LogP) is 7.50. The molecule has 0 radical (unpaired) electrons. The van der Waals surface area contributed by atoms with E-state index in [2.05, 4.69) is 17.8 Å². The van der Waals surface area contributed by atoms with Crippen molar-refractivity contribution in [2.24, 2.45) is 0 Å². The van der Waals surface area contributed by atoms with Crippen molar-refractivity contribution < 1.29 is 56.6 Å². The molecule has 0 aliphatic heterocycles. The first-order valence-corrected chi connectivity index (χ1v) is 16.1. The second kappa shape index (κ2) is 40.6. The van der Waals surface area contributed by atoms with Crippen LogP contribution in [0.3, 0.4) is 0 Å². The van der Waals surface area contributed by atoms with Gasteiger partial charge in [0.15, 0.2) is 0 Å². The molecule has 8 nitrogen and oxygen atoms in total. The third-order valence-corrected chi connectivity index (χ3v) is 5.85. The number of hydrogen-bond acceptors (Lipinski definition) is 8. The number of aliphatic hydroxyl groups excluding tert-OH is 2. The molecule has 0 saturated heterocycles. The van der Waals surface area contributed by atoms with Crippen molar-refractivity contribution in [3.8, 4) is 24.2 Å². The first-order chi connectivity index (χ1) is 23.8. The average Bonchev–Trinajstić information content (AvgIpc) is 3.13. The molecule has 0 amide bonds. The fourth-order valence-electron chi connectivity index (χ4n) is 3.50. The van der Waals surface area contributed by atoms with E-state index in [4.69, 9.17) is 45.1 Å². The summed E-state index contributed by atoms with van der Waals surface area (Å²) < 4.78 is 31.7. The van der Waals surface area contributed by atoms with E-state index in [0.29, 0.717) is 78.9 Å². The largest absolute Gasteiger partial charge is 1.51 e. The van der Waals surface area contributed by atoms with Crippen LogP contribution in [0.2, 0.25) is 0 Å². The van der Waals surface area contributed by atoms with Gasteiger partial charge in [-0.25, -0.2) is 0 Å². The fourth-order valence-corrected chi connectivity index (χ4v) is 3.50. The Morgan fingerprint density at radius 1 is 0.520 bits per heavy atom. The summed E-state index contributed by atoms with van der Waals surface area (Å²) >= 11 is 0. The molecule has 10 heteroatoms. The molecule has 50 heavy (non-hydrogen) atoms. The van der Waals surface area contributed by atoms with E-state index in [1.165, 1.54) is 0 Å². The van der Waals surface area contributed by atoms with Gasteiger partial charge in [0.1, 0.15) is 20.4 Å². The summed E-state index contributed by atoms with van der Waals surface area (Å²) in [5, 5.41) is 17.0. The van der Waals surface area contributed by atoms with Crippen LogP contribution in [0.5, 0.6) is 0 Å². The third kappa shape index (κ3) is 33.6. The summed E-state index contributed by atoms with van der Waals surface area (Å²) in [7, 11) is 0. The van der Waals surface area contributed by atoms with Gasteiger partial charge in [-0.05, 0) is 29.5 Å². The Bertz CT molecular complexity index is 1240. The summed E-state index contributed by atoms with van der Waals surface area (Å²) in [4.78, 5) is 0. The molecular formula is C40H55NiO8P-2. The summed E-state index contributed by atoms with van der Waals surface area (Å²) in [6.07, 6.45) is 12.4. The van der Waals surface area contributed by atoms with Crippen molar-refractivity contribution in [3.05, 3.63) is 120 Å². The third-order valence-electron chi connectivity index (χ3n) is 5.85. The average molecular weight is 754 g/mol. The van der Waals surface area contributed by atoms with Crippen LogP contribution in [0.4, 0.5) is 0 Å². The Kier molecular flexibility index (Phi) is 39.9. The van der Waals surface area contributed by atoms with Gasteiger partial charge in [0.05, 0.1) is 46.2 Å². The molecule has 0 aromatic heterocycles. The van der Waals surface area contributed by atoms with Crippen LogP contribution >= 0.6 is 9.90 Å². The maximum absolute atomic E-state index is 8.54. The summed E-state index contributed by atoms with van der Waals surface area (Å²) in [6, 6.07) is 30.0. The summed E-state index contributed by atoms with van der Waals surface area (Å²) in [5.74, 6) is 8.23. The standard InChI is InChI=1S/C14H20O3.C14H18O3.C12H14O2.Ni.HP.H2/c2*15-10-6-1-2-7-11-16-13-17-12-14-8-4-3-5-9-14;1-2-3-9-13-11-14-10-12-7-5-4-6-8-12;;;/h1-5,8-9,15H,6-7,10-13H2;3-5,8-9,15H,6-7,10-13H2;1,4-8H,3,9-11H2;;2*1H/q;;;;-2;/b2-1-;;;;;. The van der Waals surface area contributed by atoms with Gasteiger partial charge in [0, 0.05) is 43.8 Å². The molecule has 0 aliphatic carbocycles. The first-order valence-electron chi connectivity index (χ1n) is 16.1. The van der Waals surface area contributed by atoms with Gasteiger partial charge in [-0.15, -0.1) is 24.2 Å². The zero-order chi connectivity index (χ0) is 34.4.